The molecule has 0 amide bonds. The lowest BCUT2D eigenvalue weighted by atomic mass is 9.80. The number of nitrogens with one attached hydrogen (secondary N) is 1. The third kappa shape index (κ3) is 5.27. The summed E-state index contributed by atoms with van der Waals surface area (Å²) in [7, 11) is 3.51. The number of nitrogens with zero attached hydrogens (tertiary/aromatic N) is 3. The first kappa shape index (κ1) is 23.6. The number of allylic oxidation sites excluding steroid dienone is 1. The summed E-state index contributed by atoms with van der Waals surface area (Å²) in [6.07, 6.45) is 1.47. The third-order valence-electron chi connectivity index (χ3n) is 4.40. The van der Waals surface area contributed by atoms with Gasteiger partial charge in [-0.3, -0.25) is 10.1 Å². The Balaban J connectivity index is 2.86. The fraction of sp³-hybridized carbons (Fsp3) is 0.381. The molecule has 10 nitrogen and oxygen atoms in total. The van der Waals surface area contributed by atoms with Crippen LogP contribution in [0, 0.1) is 10.1 Å². The van der Waals surface area contributed by atoms with E-state index in [0.717, 1.165) is 0 Å². The summed E-state index contributed by atoms with van der Waals surface area (Å²) in [6, 6.07) is 5.95. The molecule has 0 saturated carbocycles. The van der Waals surface area contributed by atoms with Gasteiger partial charge in [-0.25, -0.2) is 14.6 Å². The van der Waals surface area contributed by atoms with Crippen molar-refractivity contribution in [3.05, 3.63) is 62.6 Å². The third-order valence-corrected chi connectivity index (χ3v) is 4.40. The average molecular weight is 430 g/mol. The molecule has 1 aliphatic heterocycles. The number of rotatable bonds is 8. The predicted octanol–water partition coefficient (Wildman–Crippen LogP) is 2.48. The van der Waals surface area contributed by atoms with Crippen LogP contribution < -0.4 is 5.32 Å². The number of para-hydroxylation sites is 1. The minimum Gasteiger partial charge on any atom is -0.463 e. The Labute approximate surface area is 180 Å². The van der Waals surface area contributed by atoms with Crippen LogP contribution in [0.5, 0.6) is 0 Å². The maximum atomic E-state index is 13.0. The first-order valence-corrected chi connectivity index (χ1v) is 9.72. The minimum absolute atomic E-state index is 0.0112. The number of nitro groups is 1. The quantitative estimate of drug-likeness (QED) is 0.219. The van der Waals surface area contributed by atoms with Gasteiger partial charge in [-0.1, -0.05) is 18.2 Å². The van der Waals surface area contributed by atoms with Crippen LogP contribution in [-0.2, 0) is 19.1 Å². The lowest BCUT2D eigenvalue weighted by molar-refractivity contribution is -0.385. The molecule has 31 heavy (non-hydrogen) atoms. The molecule has 1 unspecified atom stereocenters. The molecule has 1 aliphatic rings. The van der Waals surface area contributed by atoms with E-state index in [1.165, 1.54) is 24.5 Å². The van der Waals surface area contributed by atoms with Gasteiger partial charge in [0.05, 0.1) is 41.5 Å². The van der Waals surface area contributed by atoms with Crippen LogP contribution in [0.3, 0.4) is 0 Å². The van der Waals surface area contributed by atoms with Gasteiger partial charge in [0.2, 0.25) is 0 Å². The van der Waals surface area contributed by atoms with E-state index in [0.29, 0.717) is 5.70 Å². The topological polar surface area (TPSA) is 123 Å². The van der Waals surface area contributed by atoms with Crippen molar-refractivity contribution in [2.45, 2.75) is 26.7 Å². The summed E-state index contributed by atoms with van der Waals surface area (Å²) in [5, 5.41) is 14.7. The summed E-state index contributed by atoms with van der Waals surface area (Å²) >= 11 is 0. The number of carbonyl (C=O) groups excluding carboxylic acids is 2. The van der Waals surface area contributed by atoms with Gasteiger partial charge in [0.15, 0.2) is 0 Å². The van der Waals surface area contributed by atoms with E-state index in [2.05, 4.69) is 10.3 Å². The highest BCUT2D eigenvalue weighted by Crippen LogP contribution is 2.42. The summed E-state index contributed by atoms with van der Waals surface area (Å²) in [6.45, 7) is 5.10. The zero-order chi connectivity index (χ0) is 23.1. The Morgan fingerprint density at radius 1 is 1.16 bits per heavy atom. The summed E-state index contributed by atoms with van der Waals surface area (Å²) < 4.78 is 10.4. The minimum atomic E-state index is -1.10. The summed E-state index contributed by atoms with van der Waals surface area (Å²) in [5.74, 6) is -2.39. The van der Waals surface area contributed by atoms with Gasteiger partial charge < -0.3 is 19.7 Å². The van der Waals surface area contributed by atoms with Crippen molar-refractivity contribution in [3.63, 3.8) is 0 Å². The predicted molar refractivity (Wildman–Crippen MR) is 114 cm³/mol. The number of esters is 2. The Morgan fingerprint density at radius 3 is 2.29 bits per heavy atom. The van der Waals surface area contributed by atoms with Crippen LogP contribution in [0.15, 0.2) is 51.9 Å². The Kier molecular flexibility index (Phi) is 7.89. The zero-order valence-electron chi connectivity index (χ0n) is 18.2. The number of aliphatic imine (C=N–C) groups is 1. The van der Waals surface area contributed by atoms with Gasteiger partial charge in [0, 0.05) is 31.4 Å². The molecule has 166 valence electrons. The highest BCUT2D eigenvalue weighted by molar-refractivity contribution is 6.00. The number of ether oxygens (including phenoxy) is 2. The number of dihydropyridines is 1. The van der Waals surface area contributed by atoms with Crippen molar-refractivity contribution in [2.24, 2.45) is 4.99 Å². The van der Waals surface area contributed by atoms with Crippen LogP contribution in [0.2, 0.25) is 0 Å². The van der Waals surface area contributed by atoms with E-state index in [1.807, 2.05) is 0 Å². The Morgan fingerprint density at radius 2 is 1.74 bits per heavy atom. The van der Waals surface area contributed by atoms with E-state index in [1.54, 1.807) is 45.8 Å². The van der Waals surface area contributed by atoms with Gasteiger partial charge in [-0.05, 0) is 20.8 Å². The second kappa shape index (κ2) is 10.4. The normalized spacial score (nSPS) is 16.2. The van der Waals surface area contributed by atoms with Crippen LogP contribution >= 0.6 is 0 Å². The van der Waals surface area contributed by atoms with Gasteiger partial charge in [0.25, 0.3) is 5.69 Å². The number of benzene rings is 1. The molecule has 0 aromatic heterocycles. The van der Waals surface area contributed by atoms with Crippen LogP contribution in [-0.4, -0.2) is 55.4 Å². The summed E-state index contributed by atoms with van der Waals surface area (Å²) in [4.78, 5) is 43.0. The van der Waals surface area contributed by atoms with Gasteiger partial charge in [0.1, 0.15) is 5.82 Å². The fourth-order valence-corrected chi connectivity index (χ4v) is 3.20. The van der Waals surface area contributed by atoms with Crippen molar-refractivity contribution in [1.29, 1.82) is 0 Å². The highest BCUT2D eigenvalue weighted by atomic mass is 16.6. The highest BCUT2D eigenvalue weighted by Gasteiger charge is 2.41. The molecule has 1 atom stereocenters. The molecule has 10 heteroatoms. The summed E-state index contributed by atoms with van der Waals surface area (Å²) in [5.41, 5.74) is 0.380. The second-order valence-corrected chi connectivity index (χ2v) is 6.82. The molecule has 0 fully saturated rings. The molecule has 0 aliphatic carbocycles. The molecular formula is C21H26N4O6. The first-order valence-electron chi connectivity index (χ1n) is 9.72. The molecule has 1 aromatic rings. The smallest absolute Gasteiger partial charge is 0.338 e. The molecule has 2 rings (SSSR count). The molecule has 1 aromatic carbocycles. The molecular weight excluding hydrogens is 404 g/mol. The molecule has 0 spiro atoms. The van der Waals surface area contributed by atoms with Gasteiger partial charge in [-0.15, -0.1) is 0 Å². The number of hydrogen-bond acceptors (Lipinski definition) is 8. The van der Waals surface area contributed by atoms with Crippen molar-refractivity contribution in [2.75, 3.05) is 27.3 Å². The second-order valence-electron chi connectivity index (χ2n) is 6.82. The molecule has 0 bridgehead atoms. The van der Waals surface area contributed by atoms with E-state index in [4.69, 9.17) is 9.47 Å². The zero-order valence-corrected chi connectivity index (χ0v) is 18.2. The SMILES string of the molecule is CCOC(=O)C1=C(C)NC(N=CN(C)C)=C(C(=O)OCC)C1c1ccccc1[N+](=O)[O-]. The number of hydrogen-bond donors (Lipinski definition) is 1. The Hall–Kier alpha value is -3.69. The van der Waals surface area contributed by atoms with Crippen LogP contribution in [0.1, 0.15) is 32.3 Å². The lowest BCUT2D eigenvalue weighted by Crippen LogP contribution is -2.33. The first-order chi connectivity index (χ1) is 14.7. The average Bonchev–Trinajstić information content (AvgIpc) is 2.71. The monoisotopic (exact) mass is 430 g/mol. The maximum Gasteiger partial charge on any atom is 0.338 e. The molecule has 0 saturated heterocycles. The van der Waals surface area contributed by atoms with Gasteiger partial charge in [-0.2, -0.15) is 0 Å². The number of nitro benzene ring substituents is 1. The van der Waals surface area contributed by atoms with Crippen molar-refractivity contribution in [3.8, 4) is 0 Å². The van der Waals surface area contributed by atoms with Crippen LogP contribution in [0.25, 0.3) is 0 Å². The molecule has 1 N–H and O–H groups in total. The number of carbonyl (C=O) groups is 2. The largest absolute Gasteiger partial charge is 0.463 e. The standard InChI is InChI=1S/C21H26N4O6/c1-6-30-20(26)16-13(3)23-19(22-12-24(4)5)18(21(27)31-7-2)17(16)14-10-8-9-11-15(14)25(28)29/h8-12,17,23H,6-7H2,1-5H3. The maximum absolute atomic E-state index is 13.0. The fourth-order valence-electron chi connectivity index (χ4n) is 3.20. The van der Waals surface area contributed by atoms with Crippen LogP contribution in [0.4, 0.5) is 5.69 Å². The van der Waals surface area contributed by atoms with Crippen molar-refractivity contribution in [1.82, 2.24) is 10.2 Å². The van der Waals surface area contributed by atoms with E-state index < -0.39 is 22.8 Å². The molecule has 1 heterocycles. The van der Waals surface area contributed by atoms with Gasteiger partial charge >= 0.3 is 11.9 Å². The lowest BCUT2D eigenvalue weighted by Gasteiger charge is -2.29. The van der Waals surface area contributed by atoms with E-state index in [-0.39, 0.29) is 41.4 Å². The van der Waals surface area contributed by atoms with E-state index >= 15 is 0 Å². The molecule has 0 radical (unpaired) electrons. The van der Waals surface area contributed by atoms with E-state index in [9.17, 15) is 19.7 Å². The van der Waals surface area contributed by atoms with Crippen molar-refractivity contribution >= 4 is 24.0 Å². The van der Waals surface area contributed by atoms with Crippen molar-refractivity contribution < 1.29 is 24.0 Å². The Bertz CT molecular complexity index is 964.